The summed E-state index contributed by atoms with van der Waals surface area (Å²) >= 11 is 0. The molecule has 0 saturated carbocycles. The van der Waals surface area contributed by atoms with Gasteiger partial charge in [-0.1, -0.05) is 6.08 Å². The number of aliphatic hydroxyl groups is 7. The van der Waals surface area contributed by atoms with Gasteiger partial charge in [0.2, 0.25) is 0 Å². The maximum absolute atomic E-state index is 10.1. The molecule has 12 nitrogen and oxygen atoms in total. The zero-order valence-electron chi connectivity index (χ0n) is 16.1. The first-order valence-electron chi connectivity index (χ1n) is 9.56. The monoisotopic (exact) mass is 433 g/mol. The number of hydrogen-bond donors (Lipinski definition) is 7. The van der Waals surface area contributed by atoms with Crippen molar-refractivity contribution in [1.29, 1.82) is 5.26 Å². The van der Waals surface area contributed by atoms with Gasteiger partial charge in [-0.05, 0) is 13.0 Å². The van der Waals surface area contributed by atoms with E-state index in [1.165, 1.54) is 19.1 Å². The minimum Gasteiger partial charge on any atom is -0.394 e. The van der Waals surface area contributed by atoms with Crippen molar-refractivity contribution in [2.75, 3.05) is 6.61 Å². The van der Waals surface area contributed by atoms with Crippen molar-refractivity contribution in [3.05, 3.63) is 12.2 Å². The van der Waals surface area contributed by atoms with Crippen molar-refractivity contribution in [2.24, 2.45) is 0 Å². The molecule has 7 N–H and O–H groups in total. The second-order valence-electron chi connectivity index (χ2n) is 7.74. The Morgan fingerprint density at radius 2 is 1.60 bits per heavy atom. The van der Waals surface area contributed by atoms with E-state index in [2.05, 4.69) is 0 Å². The fourth-order valence-electron chi connectivity index (χ4n) is 3.66. The third-order valence-electron chi connectivity index (χ3n) is 5.57. The Bertz CT molecular complexity index is 669. The van der Waals surface area contributed by atoms with Crippen LogP contribution in [-0.2, 0) is 18.9 Å². The van der Waals surface area contributed by atoms with Gasteiger partial charge in [0.25, 0.3) is 0 Å². The Labute approximate surface area is 172 Å². The lowest BCUT2D eigenvalue weighted by Gasteiger charge is -2.42. The van der Waals surface area contributed by atoms with Gasteiger partial charge in [0.15, 0.2) is 18.2 Å². The van der Waals surface area contributed by atoms with E-state index in [9.17, 15) is 41.0 Å². The molecule has 2 aliphatic heterocycles. The molecule has 2 fully saturated rings. The number of ether oxygens (including phenoxy) is 4. The molecule has 1 aliphatic carbocycles. The third kappa shape index (κ3) is 4.38. The van der Waals surface area contributed by atoms with Crippen LogP contribution in [0, 0.1) is 11.3 Å². The van der Waals surface area contributed by atoms with Gasteiger partial charge in [-0.25, -0.2) is 0 Å². The Balaban J connectivity index is 1.65. The molecule has 2 saturated heterocycles. The van der Waals surface area contributed by atoms with Crippen LogP contribution in [0.5, 0.6) is 0 Å². The second kappa shape index (κ2) is 9.11. The fraction of sp³-hybridized carbons (Fsp3) is 0.833. The fourth-order valence-corrected chi connectivity index (χ4v) is 3.66. The van der Waals surface area contributed by atoms with Crippen LogP contribution in [0.15, 0.2) is 12.2 Å². The second-order valence-corrected chi connectivity index (χ2v) is 7.74. The van der Waals surface area contributed by atoms with E-state index in [1.54, 1.807) is 0 Å². The molecule has 0 aromatic heterocycles. The van der Waals surface area contributed by atoms with Crippen molar-refractivity contribution in [1.82, 2.24) is 0 Å². The Kier molecular flexibility index (Phi) is 7.12. The molecule has 4 unspecified atom stereocenters. The Morgan fingerprint density at radius 1 is 0.967 bits per heavy atom. The van der Waals surface area contributed by atoms with Crippen LogP contribution in [0.25, 0.3) is 0 Å². The highest BCUT2D eigenvalue weighted by molar-refractivity contribution is 5.25. The van der Waals surface area contributed by atoms with E-state index in [1.807, 2.05) is 6.07 Å². The van der Waals surface area contributed by atoms with Gasteiger partial charge in [-0.15, -0.1) is 0 Å². The minimum atomic E-state index is -1.68. The molecule has 0 radical (unpaired) electrons. The van der Waals surface area contributed by atoms with E-state index < -0.39 is 79.7 Å². The molecule has 0 amide bonds. The van der Waals surface area contributed by atoms with Crippen LogP contribution in [0.4, 0.5) is 0 Å². The van der Waals surface area contributed by atoms with E-state index >= 15 is 0 Å². The number of nitrogens with zero attached hydrogens (tertiary/aromatic N) is 1. The quantitative estimate of drug-likeness (QED) is 0.209. The molecule has 12 heteroatoms. The molecule has 0 spiro atoms. The van der Waals surface area contributed by atoms with Gasteiger partial charge >= 0.3 is 0 Å². The number of hydrogen-bond acceptors (Lipinski definition) is 12. The number of nitriles is 1. The molecule has 2 heterocycles. The van der Waals surface area contributed by atoms with Crippen LogP contribution in [0.3, 0.4) is 0 Å². The van der Waals surface area contributed by atoms with E-state index in [0.29, 0.717) is 0 Å². The lowest BCUT2D eigenvalue weighted by Crippen LogP contribution is -2.60. The number of rotatable bonds is 5. The highest BCUT2D eigenvalue weighted by Gasteiger charge is 2.50. The first-order chi connectivity index (χ1) is 14.1. The normalized spacial score (nSPS) is 51.6. The maximum atomic E-state index is 10.1. The summed E-state index contributed by atoms with van der Waals surface area (Å²) in [4.78, 5) is 0. The summed E-state index contributed by atoms with van der Waals surface area (Å²) in [6.45, 7) is 0.859. The first-order valence-corrected chi connectivity index (χ1v) is 9.56. The summed E-state index contributed by atoms with van der Waals surface area (Å²) in [5, 5.41) is 78.5. The molecule has 0 aromatic rings. The molecule has 3 aliphatic rings. The smallest absolute Gasteiger partial charge is 0.189 e. The lowest BCUT2D eigenvalue weighted by molar-refractivity contribution is -0.319. The van der Waals surface area contributed by atoms with Crippen molar-refractivity contribution < 1.29 is 54.7 Å². The predicted molar refractivity (Wildman–Crippen MR) is 94.2 cm³/mol. The molecule has 170 valence electrons. The molecule has 3 rings (SSSR count). The van der Waals surface area contributed by atoms with Crippen LogP contribution < -0.4 is 0 Å². The average Bonchev–Trinajstić information content (AvgIpc) is 3.14. The summed E-state index contributed by atoms with van der Waals surface area (Å²) in [6, 6.07) is 1.93. The maximum Gasteiger partial charge on any atom is 0.189 e. The topological polar surface area (TPSA) is 202 Å². The summed E-state index contributed by atoms with van der Waals surface area (Å²) in [5.74, 6) is 0. The van der Waals surface area contributed by atoms with Crippen molar-refractivity contribution in [2.45, 2.75) is 86.5 Å². The summed E-state index contributed by atoms with van der Waals surface area (Å²) < 4.78 is 21.8. The highest BCUT2D eigenvalue weighted by atomic mass is 16.7. The molecule has 12 atom stereocenters. The molecular formula is C18H27NO11. The SMILES string of the molecule is C[C@H]1OC(OC2C=CC(C#N)(OC3O[C@H](CO)[C@@H](O)[C@H](O)[C@H]3O)C2)[C@H](O)[C@H](O)[C@H]1O. The molecule has 0 bridgehead atoms. The standard InChI is InChI=1S/C18H27NO11/c1-7-10(21)12(23)14(25)16(27-7)28-8-2-3-18(4-8,6-19)30-17-15(26)13(24)11(22)9(5-20)29-17/h2-3,7-17,20-26H,4-5H2,1H3/t7-,8?,9-,10+,11-,12-,13+,14-,15-,16?,17?,18?/m1/s1. The van der Waals surface area contributed by atoms with Crippen LogP contribution in [0.1, 0.15) is 13.3 Å². The highest BCUT2D eigenvalue weighted by Crippen LogP contribution is 2.35. The van der Waals surface area contributed by atoms with Crippen molar-refractivity contribution >= 4 is 0 Å². The van der Waals surface area contributed by atoms with Gasteiger partial charge < -0.3 is 54.7 Å². The van der Waals surface area contributed by atoms with Crippen LogP contribution in [0.2, 0.25) is 0 Å². The van der Waals surface area contributed by atoms with Crippen molar-refractivity contribution in [3.8, 4) is 6.07 Å². The predicted octanol–water partition coefficient (Wildman–Crippen LogP) is -3.76. The van der Waals surface area contributed by atoms with Gasteiger partial charge in [-0.2, -0.15) is 5.26 Å². The Morgan fingerprint density at radius 3 is 2.23 bits per heavy atom. The molecule has 0 aromatic carbocycles. The van der Waals surface area contributed by atoms with Gasteiger partial charge in [0, 0.05) is 6.42 Å². The van der Waals surface area contributed by atoms with E-state index in [-0.39, 0.29) is 6.42 Å². The average molecular weight is 433 g/mol. The van der Waals surface area contributed by atoms with Crippen molar-refractivity contribution in [3.63, 3.8) is 0 Å². The van der Waals surface area contributed by atoms with Crippen LogP contribution in [-0.4, -0.2) is 115 Å². The summed E-state index contributed by atoms with van der Waals surface area (Å²) in [6.07, 6.45) is -12.0. The third-order valence-corrected chi connectivity index (χ3v) is 5.57. The van der Waals surface area contributed by atoms with E-state index in [0.717, 1.165) is 0 Å². The van der Waals surface area contributed by atoms with E-state index in [4.69, 9.17) is 18.9 Å². The number of aliphatic hydroxyl groups excluding tert-OH is 7. The Hall–Kier alpha value is -1.21. The summed E-state index contributed by atoms with van der Waals surface area (Å²) in [5.41, 5.74) is -1.64. The lowest BCUT2D eigenvalue weighted by atomic mass is 9.98. The zero-order chi connectivity index (χ0) is 22.2. The zero-order valence-corrected chi connectivity index (χ0v) is 16.1. The van der Waals surface area contributed by atoms with Gasteiger partial charge in [0.1, 0.15) is 48.8 Å². The van der Waals surface area contributed by atoms with Gasteiger partial charge in [0.05, 0.1) is 18.8 Å². The molecule has 30 heavy (non-hydrogen) atoms. The largest absolute Gasteiger partial charge is 0.394 e. The summed E-state index contributed by atoms with van der Waals surface area (Å²) in [7, 11) is 0. The first kappa shape index (κ1) is 23.5. The minimum absolute atomic E-state index is 0.0991. The van der Waals surface area contributed by atoms with Gasteiger partial charge in [-0.3, -0.25) is 0 Å². The van der Waals surface area contributed by atoms with Crippen LogP contribution >= 0.6 is 0 Å². The molecular weight excluding hydrogens is 406 g/mol.